The first-order chi connectivity index (χ1) is 18.4. The Morgan fingerprint density at radius 1 is 0.949 bits per heavy atom. The molecule has 0 bridgehead atoms. The fourth-order valence-electron chi connectivity index (χ4n) is 3.79. The smallest absolute Gasteiger partial charge is 0.408 e. The van der Waals surface area contributed by atoms with Crippen LogP contribution in [0.3, 0.4) is 0 Å². The quantitative estimate of drug-likeness (QED) is 0.281. The minimum Gasteiger partial charge on any atom is -0.445 e. The Hall–Kier alpha value is -3.59. The Kier molecular flexibility index (Phi) is 12.8. The molecule has 0 fully saturated rings. The van der Waals surface area contributed by atoms with Gasteiger partial charge in [-0.25, -0.2) is 9.59 Å². The highest BCUT2D eigenvalue weighted by molar-refractivity contribution is 6.31. The molecule has 10 heteroatoms. The maximum atomic E-state index is 13.2. The van der Waals surface area contributed by atoms with Crippen molar-refractivity contribution in [2.75, 3.05) is 6.54 Å². The lowest BCUT2D eigenvalue weighted by molar-refractivity contribution is -0.128. The molecule has 0 saturated heterocycles. The number of carbonyl (C=O) groups excluding carboxylic acids is 4. The summed E-state index contributed by atoms with van der Waals surface area (Å²) in [6, 6.07) is 15.5. The topological polar surface area (TPSA) is 137 Å². The van der Waals surface area contributed by atoms with Gasteiger partial charge in [0.1, 0.15) is 12.2 Å². The number of amides is 3. The molecule has 4 N–H and O–H groups in total. The number of primary amides is 1. The Bertz CT molecular complexity index is 1100. The highest BCUT2D eigenvalue weighted by atomic mass is 35.5. The van der Waals surface area contributed by atoms with Crippen LogP contribution in [0.2, 0.25) is 5.02 Å². The monoisotopic (exact) mass is 559 g/mol. The van der Waals surface area contributed by atoms with Crippen molar-refractivity contribution in [3.05, 3.63) is 70.7 Å². The van der Waals surface area contributed by atoms with Crippen molar-refractivity contribution in [1.82, 2.24) is 10.6 Å². The van der Waals surface area contributed by atoms with E-state index in [2.05, 4.69) is 10.6 Å². The molecule has 2 atom stereocenters. The van der Waals surface area contributed by atoms with E-state index in [4.69, 9.17) is 26.8 Å². The summed E-state index contributed by atoms with van der Waals surface area (Å²) in [6.45, 7) is 5.53. The van der Waals surface area contributed by atoms with E-state index in [1.54, 1.807) is 45.0 Å². The van der Waals surface area contributed by atoms with E-state index in [-0.39, 0.29) is 18.8 Å². The molecule has 0 aliphatic carbocycles. The molecule has 0 heterocycles. The van der Waals surface area contributed by atoms with Gasteiger partial charge in [0, 0.05) is 29.5 Å². The summed E-state index contributed by atoms with van der Waals surface area (Å²) in [5.74, 6) is -1.60. The van der Waals surface area contributed by atoms with Crippen molar-refractivity contribution in [2.24, 2.45) is 11.7 Å². The molecule has 3 amide bonds. The predicted octanol–water partition coefficient (Wildman–Crippen LogP) is 4.93. The summed E-state index contributed by atoms with van der Waals surface area (Å²) in [6.07, 6.45) is 0.241. The van der Waals surface area contributed by atoms with Crippen LogP contribution in [0.15, 0.2) is 54.6 Å². The molecule has 0 radical (unpaired) electrons. The maximum Gasteiger partial charge on any atom is 0.408 e. The first-order valence-electron chi connectivity index (χ1n) is 12.9. The van der Waals surface area contributed by atoms with Gasteiger partial charge in [0.2, 0.25) is 5.91 Å². The molecule has 0 aliphatic heterocycles. The third kappa shape index (κ3) is 12.7. The van der Waals surface area contributed by atoms with E-state index in [0.29, 0.717) is 42.8 Å². The van der Waals surface area contributed by atoms with Gasteiger partial charge in [0.05, 0.1) is 6.04 Å². The van der Waals surface area contributed by atoms with Crippen LogP contribution >= 0.6 is 11.6 Å². The molecule has 9 nitrogen and oxygen atoms in total. The van der Waals surface area contributed by atoms with Gasteiger partial charge in [-0.15, -0.1) is 0 Å². The van der Waals surface area contributed by atoms with Crippen LogP contribution in [0.4, 0.5) is 9.59 Å². The molecule has 212 valence electrons. The van der Waals surface area contributed by atoms with Crippen LogP contribution in [0.5, 0.6) is 0 Å². The van der Waals surface area contributed by atoms with Crippen LogP contribution in [0, 0.1) is 5.92 Å². The number of hydrogen-bond donors (Lipinski definition) is 3. The van der Waals surface area contributed by atoms with Crippen LogP contribution in [0.25, 0.3) is 0 Å². The van der Waals surface area contributed by atoms with Gasteiger partial charge in [-0.3, -0.25) is 9.59 Å². The molecule has 0 spiro atoms. The van der Waals surface area contributed by atoms with Gasteiger partial charge >= 0.3 is 12.2 Å². The number of carbonyl (C=O) groups is 4. The molecule has 2 aromatic carbocycles. The summed E-state index contributed by atoms with van der Waals surface area (Å²) in [4.78, 5) is 49.7. The Labute approximate surface area is 234 Å². The van der Waals surface area contributed by atoms with Crippen molar-refractivity contribution in [2.45, 2.75) is 71.1 Å². The zero-order valence-corrected chi connectivity index (χ0v) is 23.5. The molecule has 1 unspecified atom stereocenters. The zero-order chi connectivity index (χ0) is 28.8. The zero-order valence-electron chi connectivity index (χ0n) is 22.7. The van der Waals surface area contributed by atoms with Gasteiger partial charge < -0.3 is 25.8 Å². The highest BCUT2D eigenvalue weighted by Gasteiger charge is 2.28. The number of hydrogen-bond acceptors (Lipinski definition) is 6. The molecule has 0 aromatic heterocycles. The predicted molar refractivity (Wildman–Crippen MR) is 149 cm³/mol. The van der Waals surface area contributed by atoms with Gasteiger partial charge in [-0.2, -0.15) is 0 Å². The summed E-state index contributed by atoms with van der Waals surface area (Å²) in [5.41, 5.74) is 6.44. The van der Waals surface area contributed by atoms with Gasteiger partial charge in [0.15, 0.2) is 5.78 Å². The van der Waals surface area contributed by atoms with Crippen LogP contribution in [-0.4, -0.2) is 42.1 Å². The molecular formula is C29H38ClN3O6. The number of ether oxygens (including phenoxy) is 2. The van der Waals surface area contributed by atoms with E-state index in [1.165, 1.54) is 0 Å². The first kappa shape index (κ1) is 31.6. The summed E-state index contributed by atoms with van der Waals surface area (Å²) < 4.78 is 10.5. The standard InChI is InChI=1S/C29H38ClN3O6/c1-29(2,3)39-28(37)33-24(25(34)18-22(26(31)35)17-20-11-5-4-6-12-20)15-9-10-16-32-27(36)38-19-21-13-7-8-14-23(21)30/h4-8,11-14,22,24H,9-10,15-19H2,1-3H3,(H2,31,35)(H,32,36)(H,33,37)/t22?,24-/m0/s1. The van der Waals surface area contributed by atoms with E-state index in [9.17, 15) is 19.2 Å². The molecule has 0 saturated carbocycles. The Balaban J connectivity index is 1.89. The lowest BCUT2D eigenvalue weighted by atomic mass is 9.90. The number of benzene rings is 2. The molecule has 39 heavy (non-hydrogen) atoms. The second-order valence-corrected chi connectivity index (χ2v) is 10.7. The van der Waals surface area contributed by atoms with Crippen molar-refractivity contribution < 1.29 is 28.7 Å². The molecule has 0 aliphatic rings. The molecular weight excluding hydrogens is 522 g/mol. The van der Waals surface area contributed by atoms with Crippen LogP contribution < -0.4 is 16.4 Å². The van der Waals surface area contributed by atoms with Crippen molar-refractivity contribution in [1.29, 1.82) is 0 Å². The number of unbranched alkanes of at least 4 members (excludes halogenated alkanes) is 1. The number of alkyl carbamates (subject to hydrolysis) is 2. The van der Waals surface area contributed by atoms with Crippen molar-refractivity contribution >= 4 is 35.5 Å². The van der Waals surface area contributed by atoms with Crippen LogP contribution in [0.1, 0.15) is 57.6 Å². The van der Waals surface area contributed by atoms with E-state index < -0.39 is 35.7 Å². The molecule has 2 aromatic rings. The average Bonchev–Trinajstić information content (AvgIpc) is 2.86. The normalized spacial score (nSPS) is 12.6. The number of halogens is 1. The van der Waals surface area contributed by atoms with Crippen molar-refractivity contribution in [3.63, 3.8) is 0 Å². The average molecular weight is 560 g/mol. The van der Waals surface area contributed by atoms with Gasteiger partial charge in [-0.05, 0) is 58.1 Å². The first-order valence-corrected chi connectivity index (χ1v) is 13.3. The summed E-state index contributed by atoms with van der Waals surface area (Å²) in [7, 11) is 0. The third-order valence-corrected chi connectivity index (χ3v) is 6.13. The minimum absolute atomic E-state index is 0.0475. The van der Waals surface area contributed by atoms with E-state index in [0.717, 1.165) is 5.56 Å². The van der Waals surface area contributed by atoms with Gasteiger partial charge in [0.25, 0.3) is 0 Å². The van der Waals surface area contributed by atoms with E-state index >= 15 is 0 Å². The summed E-state index contributed by atoms with van der Waals surface area (Å²) in [5, 5.41) is 5.81. The lowest BCUT2D eigenvalue weighted by Crippen LogP contribution is -2.44. The minimum atomic E-state index is -0.871. The van der Waals surface area contributed by atoms with E-state index in [1.807, 2.05) is 30.3 Å². The number of Topliss-reactive ketones (excluding diaryl/α,β-unsaturated/α-hetero) is 1. The van der Waals surface area contributed by atoms with Crippen LogP contribution in [-0.2, 0) is 32.1 Å². The second-order valence-electron chi connectivity index (χ2n) is 10.2. The number of nitrogens with one attached hydrogen (secondary N) is 2. The number of ketones is 1. The lowest BCUT2D eigenvalue weighted by Gasteiger charge is -2.24. The summed E-state index contributed by atoms with van der Waals surface area (Å²) >= 11 is 6.07. The Morgan fingerprint density at radius 3 is 2.26 bits per heavy atom. The number of rotatable bonds is 14. The maximum absolute atomic E-state index is 13.2. The van der Waals surface area contributed by atoms with Crippen molar-refractivity contribution in [3.8, 4) is 0 Å². The van der Waals surface area contributed by atoms with Gasteiger partial charge in [-0.1, -0.05) is 60.1 Å². The third-order valence-electron chi connectivity index (χ3n) is 5.76. The molecule has 2 rings (SSSR count). The fourth-order valence-corrected chi connectivity index (χ4v) is 3.98. The highest BCUT2D eigenvalue weighted by Crippen LogP contribution is 2.17. The fraction of sp³-hybridized carbons (Fsp3) is 0.448. The Morgan fingerprint density at radius 2 is 1.62 bits per heavy atom. The largest absolute Gasteiger partial charge is 0.445 e. The SMILES string of the molecule is CC(C)(C)OC(=O)N[C@@H](CCCCNC(=O)OCc1ccccc1Cl)C(=O)CC(Cc1ccccc1)C(N)=O. The second kappa shape index (κ2) is 15.7. The number of nitrogens with two attached hydrogens (primary N) is 1.